The molecule has 25 heavy (non-hydrogen) atoms. The van der Waals surface area contributed by atoms with Crippen molar-refractivity contribution in [1.82, 2.24) is 19.7 Å². The molecule has 2 heterocycles. The Balaban J connectivity index is 1.46. The fourth-order valence-corrected chi connectivity index (χ4v) is 3.43. The van der Waals surface area contributed by atoms with E-state index in [4.69, 9.17) is 4.74 Å². The van der Waals surface area contributed by atoms with Crippen LogP contribution < -0.4 is 5.32 Å². The number of aromatic nitrogens is 1. The first kappa shape index (κ1) is 17.8. The average Bonchev–Trinajstić information content (AvgIpc) is 2.96. The summed E-state index contributed by atoms with van der Waals surface area (Å²) in [6.07, 6.45) is 0. The molecule has 0 spiro atoms. The molecule has 2 aromatic rings. The zero-order valence-corrected chi connectivity index (χ0v) is 15.2. The Bertz CT molecular complexity index is 705. The van der Waals surface area contributed by atoms with Gasteiger partial charge in [-0.3, -0.25) is 4.90 Å². The van der Waals surface area contributed by atoms with E-state index < -0.39 is 0 Å². The number of hydrogen-bond donors (Lipinski definition) is 1. The van der Waals surface area contributed by atoms with E-state index >= 15 is 0 Å². The van der Waals surface area contributed by atoms with E-state index in [1.165, 1.54) is 16.6 Å². The molecule has 136 valence electrons. The Morgan fingerprint density at radius 2 is 1.92 bits per heavy atom. The lowest BCUT2D eigenvalue weighted by atomic mass is 10.2. The molecule has 0 atom stereocenters. The molecule has 6 heteroatoms. The molecule has 1 aromatic heterocycles. The van der Waals surface area contributed by atoms with Crippen molar-refractivity contribution in [3.63, 3.8) is 0 Å². The van der Waals surface area contributed by atoms with Gasteiger partial charge < -0.3 is 19.5 Å². The summed E-state index contributed by atoms with van der Waals surface area (Å²) in [5.74, 6) is 0. The lowest BCUT2D eigenvalue weighted by molar-refractivity contribution is 0.106. The molecule has 1 aliphatic rings. The fourth-order valence-electron chi connectivity index (χ4n) is 3.43. The number of hydrogen-bond acceptors (Lipinski definition) is 3. The van der Waals surface area contributed by atoms with Gasteiger partial charge in [-0.1, -0.05) is 18.2 Å². The number of ether oxygens (including phenoxy) is 1. The summed E-state index contributed by atoms with van der Waals surface area (Å²) in [5, 5.41) is 4.31. The number of carbonyl (C=O) groups is 1. The highest BCUT2D eigenvalue weighted by Gasteiger charge is 2.20. The fraction of sp³-hybridized carbons (Fsp3) is 0.526. The maximum Gasteiger partial charge on any atom is 0.317 e. The van der Waals surface area contributed by atoms with Gasteiger partial charge in [-0.05, 0) is 24.4 Å². The number of rotatable bonds is 6. The monoisotopic (exact) mass is 344 g/mol. The molecule has 0 radical (unpaired) electrons. The predicted molar refractivity (Wildman–Crippen MR) is 100.0 cm³/mol. The topological polar surface area (TPSA) is 49.7 Å². The second kappa shape index (κ2) is 8.36. The number of nitrogens with one attached hydrogen (secondary N) is 1. The molecule has 6 nitrogen and oxygen atoms in total. The van der Waals surface area contributed by atoms with Gasteiger partial charge in [0.25, 0.3) is 0 Å². The Hall–Kier alpha value is -2.05. The van der Waals surface area contributed by atoms with Crippen molar-refractivity contribution in [2.45, 2.75) is 13.5 Å². The van der Waals surface area contributed by atoms with Crippen molar-refractivity contribution < 1.29 is 9.53 Å². The highest BCUT2D eigenvalue weighted by Crippen LogP contribution is 2.18. The zero-order valence-electron chi connectivity index (χ0n) is 15.2. The molecule has 1 aromatic carbocycles. The highest BCUT2D eigenvalue weighted by molar-refractivity contribution is 5.81. The van der Waals surface area contributed by atoms with E-state index in [-0.39, 0.29) is 6.03 Å². The zero-order chi connectivity index (χ0) is 17.6. The minimum atomic E-state index is 0.0421. The van der Waals surface area contributed by atoms with E-state index in [9.17, 15) is 4.79 Å². The van der Waals surface area contributed by atoms with Gasteiger partial charge in [-0.2, -0.15) is 0 Å². The lowest BCUT2D eigenvalue weighted by Crippen LogP contribution is -2.52. The minimum absolute atomic E-state index is 0.0421. The summed E-state index contributed by atoms with van der Waals surface area (Å²) in [7, 11) is 1.72. The van der Waals surface area contributed by atoms with Crippen LogP contribution in [0.25, 0.3) is 10.9 Å². The summed E-state index contributed by atoms with van der Waals surface area (Å²) in [4.78, 5) is 16.6. The van der Waals surface area contributed by atoms with Gasteiger partial charge in [0.2, 0.25) is 0 Å². The van der Waals surface area contributed by atoms with E-state index in [0.29, 0.717) is 6.54 Å². The van der Waals surface area contributed by atoms with Crippen molar-refractivity contribution >= 4 is 16.9 Å². The second-order valence-electron chi connectivity index (χ2n) is 6.55. The molecule has 1 fully saturated rings. The molecular weight excluding hydrogens is 316 g/mol. The van der Waals surface area contributed by atoms with Crippen molar-refractivity contribution in [3.8, 4) is 0 Å². The molecule has 1 aliphatic heterocycles. The number of methoxy groups -OCH3 is 1. The number of amides is 2. The summed E-state index contributed by atoms with van der Waals surface area (Å²) in [6, 6.07) is 10.6. The number of carbonyl (C=O) groups excluding carboxylic acids is 1. The van der Waals surface area contributed by atoms with Gasteiger partial charge in [0.1, 0.15) is 0 Å². The molecular formula is C19H28N4O2. The molecule has 0 bridgehead atoms. The van der Waals surface area contributed by atoms with Gasteiger partial charge in [-0.25, -0.2) is 4.79 Å². The van der Waals surface area contributed by atoms with Gasteiger partial charge in [-0.15, -0.1) is 0 Å². The van der Waals surface area contributed by atoms with E-state index in [0.717, 1.165) is 45.9 Å². The van der Waals surface area contributed by atoms with Crippen molar-refractivity contribution in [3.05, 3.63) is 36.0 Å². The SMILES string of the molecule is COCCN1CCN(C(=O)NCCn2c(C)cc3ccccc32)CC1. The molecule has 3 rings (SSSR count). The van der Waals surface area contributed by atoms with Crippen LogP contribution in [0.3, 0.4) is 0 Å². The Morgan fingerprint density at radius 3 is 2.68 bits per heavy atom. The third-order valence-electron chi connectivity index (χ3n) is 4.90. The summed E-state index contributed by atoms with van der Waals surface area (Å²) < 4.78 is 7.37. The van der Waals surface area contributed by atoms with Crippen LogP contribution >= 0.6 is 0 Å². The number of benzene rings is 1. The number of fused-ring (bicyclic) bond motifs is 1. The van der Waals surface area contributed by atoms with Crippen LogP contribution in [0.4, 0.5) is 4.79 Å². The first-order valence-electron chi connectivity index (χ1n) is 8.98. The Kier molecular flexibility index (Phi) is 5.94. The van der Waals surface area contributed by atoms with Gasteiger partial charge in [0.15, 0.2) is 0 Å². The standard InChI is InChI=1S/C19H28N4O2/c1-16-15-17-5-3-4-6-18(17)23(16)8-7-20-19(24)22-11-9-21(10-12-22)13-14-25-2/h3-6,15H,7-14H2,1-2H3,(H,20,24). The molecule has 0 saturated carbocycles. The van der Waals surface area contributed by atoms with Crippen LogP contribution in [0, 0.1) is 6.92 Å². The van der Waals surface area contributed by atoms with Crippen molar-refractivity contribution in [1.29, 1.82) is 0 Å². The summed E-state index contributed by atoms with van der Waals surface area (Å²) in [6.45, 7) is 8.61. The van der Waals surface area contributed by atoms with E-state index in [1.807, 2.05) is 4.90 Å². The third kappa shape index (κ3) is 4.32. The largest absolute Gasteiger partial charge is 0.383 e. The number of nitrogens with zero attached hydrogens (tertiary/aromatic N) is 3. The maximum atomic E-state index is 12.4. The highest BCUT2D eigenvalue weighted by atomic mass is 16.5. The van der Waals surface area contributed by atoms with Gasteiger partial charge in [0, 0.05) is 64.1 Å². The number of aryl methyl sites for hydroxylation is 1. The number of piperazine rings is 1. The maximum absolute atomic E-state index is 12.4. The smallest absolute Gasteiger partial charge is 0.317 e. The van der Waals surface area contributed by atoms with Crippen LogP contribution in [0.15, 0.2) is 30.3 Å². The first-order chi connectivity index (χ1) is 12.2. The van der Waals surface area contributed by atoms with Gasteiger partial charge in [0.05, 0.1) is 6.61 Å². The van der Waals surface area contributed by atoms with Crippen LogP contribution in [-0.2, 0) is 11.3 Å². The van der Waals surface area contributed by atoms with Crippen molar-refractivity contribution in [2.24, 2.45) is 0 Å². The van der Waals surface area contributed by atoms with E-state index in [1.54, 1.807) is 7.11 Å². The quantitative estimate of drug-likeness (QED) is 0.871. The van der Waals surface area contributed by atoms with Gasteiger partial charge >= 0.3 is 6.03 Å². The Morgan fingerprint density at radius 1 is 1.16 bits per heavy atom. The van der Waals surface area contributed by atoms with Crippen LogP contribution in [0.1, 0.15) is 5.69 Å². The predicted octanol–water partition coefficient (Wildman–Crippen LogP) is 1.92. The number of para-hydroxylation sites is 1. The van der Waals surface area contributed by atoms with Crippen molar-refractivity contribution in [2.75, 3.05) is 53.0 Å². The third-order valence-corrected chi connectivity index (χ3v) is 4.90. The van der Waals surface area contributed by atoms with Crippen LogP contribution in [0.2, 0.25) is 0 Å². The normalized spacial score (nSPS) is 15.7. The second-order valence-corrected chi connectivity index (χ2v) is 6.55. The van der Waals surface area contributed by atoms with Crippen LogP contribution in [0.5, 0.6) is 0 Å². The van der Waals surface area contributed by atoms with E-state index in [2.05, 4.69) is 52.0 Å². The van der Waals surface area contributed by atoms with Crippen LogP contribution in [-0.4, -0.2) is 73.4 Å². The average molecular weight is 344 g/mol. The first-order valence-corrected chi connectivity index (χ1v) is 8.98. The lowest BCUT2D eigenvalue weighted by Gasteiger charge is -2.34. The molecule has 1 saturated heterocycles. The summed E-state index contributed by atoms with van der Waals surface area (Å²) in [5.41, 5.74) is 2.45. The number of urea groups is 1. The minimum Gasteiger partial charge on any atom is -0.383 e. The molecule has 1 N–H and O–H groups in total. The molecule has 0 unspecified atom stereocenters. The molecule has 2 amide bonds. The summed E-state index contributed by atoms with van der Waals surface area (Å²) >= 11 is 0. The molecule has 0 aliphatic carbocycles. The Labute approximate surface area is 149 Å².